The van der Waals surface area contributed by atoms with Crippen LogP contribution in [-0.2, 0) is 9.53 Å². The number of para-hydroxylation sites is 1. The average molecular weight is 471 g/mol. The Morgan fingerprint density at radius 1 is 0.941 bits per heavy atom. The Morgan fingerprint density at radius 3 is 2.47 bits per heavy atom. The van der Waals surface area contributed by atoms with E-state index in [1.165, 1.54) is 38.5 Å². The summed E-state index contributed by atoms with van der Waals surface area (Å²) in [4.78, 5) is 29.9. The number of ether oxygens (including phenoxy) is 2. The van der Waals surface area contributed by atoms with Crippen LogP contribution in [0.2, 0.25) is 0 Å². The second-order valence-corrected chi connectivity index (χ2v) is 10.4. The van der Waals surface area contributed by atoms with Gasteiger partial charge in [0, 0.05) is 26.6 Å². The molecule has 1 saturated carbocycles. The first-order valence-electron chi connectivity index (χ1n) is 13.5. The molecule has 6 heteroatoms. The van der Waals surface area contributed by atoms with Crippen LogP contribution in [0.4, 0.5) is 0 Å². The van der Waals surface area contributed by atoms with E-state index in [-0.39, 0.29) is 24.0 Å². The minimum absolute atomic E-state index is 0.0114. The summed E-state index contributed by atoms with van der Waals surface area (Å²) in [7, 11) is 1.87. The minimum Gasteiger partial charge on any atom is -0.485 e. The van der Waals surface area contributed by atoms with Crippen molar-refractivity contribution in [1.29, 1.82) is 0 Å². The largest absolute Gasteiger partial charge is 0.485 e. The van der Waals surface area contributed by atoms with Gasteiger partial charge < -0.3 is 19.3 Å². The smallest absolute Gasteiger partial charge is 0.257 e. The zero-order valence-corrected chi connectivity index (χ0v) is 20.9. The van der Waals surface area contributed by atoms with Gasteiger partial charge in [0.05, 0.1) is 18.7 Å². The third kappa shape index (κ3) is 6.74. The quantitative estimate of drug-likeness (QED) is 0.620. The topological polar surface area (TPSA) is 59.1 Å². The highest BCUT2D eigenvalue weighted by Gasteiger charge is 2.38. The second-order valence-electron chi connectivity index (χ2n) is 10.4. The molecular weight excluding hydrogens is 428 g/mol. The lowest BCUT2D eigenvalue weighted by molar-refractivity contribution is -0.131. The average Bonchev–Trinajstić information content (AvgIpc) is 3.51. The molecule has 2 aliphatic heterocycles. The number of fused-ring (bicyclic) bond motifs is 2. The van der Waals surface area contributed by atoms with Gasteiger partial charge in [-0.1, -0.05) is 63.5 Å². The number of rotatable bonds is 3. The van der Waals surface area contributed by atoms with E-state index < -0.39 is 0 Å². The molecule has 1 saturated heterocycles. The van der Waals surface area contributed by atoms with E-state index in [0.717, 1.165) is 38.6 Å². The van der Waals surface area contributed by atoms with Crippen LogP contribution in [0.3, 0.4) is 0 Å². The zero-order chi connectivity index (χ0) is 23.8. The summed E-state index contributed by atoms with van der Waals surface area (Å²) in [5.74, 6) is 1.50. The molecule has 6 nitrogen and oxygen atoms in total. The number of likely N-dealkylation sites (tertiary alicyclic amines) is 1. The van der Waals surface area contributed by atoms with Crippen LogP contribution in [0.5, 0.6) is 5.75 Å². The molecule has 3 aliphatic rings. The summed E-state index contributed by atoms with van der Waals surface area (Å²) in [6.07, 6.45) is 13.1. The van der Waals surface area contributed by atoms with Gasteiger partial charge in [-0.3, -0.25) is 9.59 Å². The van der Waals surface area contributed by atoms with Crippen LogP contribution < -0.4 is 4.74 Å². The maximum atomic E-state index is 13.2. The third-order valence-corrected chi connectivity index (χ3v) is 7.77. The van der Waals surface area contributed by atoms with E-state index >= 15 is 0 Å². The first-order chi connectivity index (χ1) is 16.6. The summed E-state index contributed by atoms with van der Waals surface area (Å²) in [5.41, 5.74) is 0.585. The SMILES string of the molecule is CN1CCCCCCCCO[C@@H]2CN(C(=O)CCC3CCCC3)C[C@H]2Oc2ccccc2C1=O. The molecule has 2 heterocycles. The Balaban J connectivity index is 1.46. The van der Waals surface area contributed by atoms with Crippen LogP contribution >= 0.6 is 0 Å². The van der Waals surface area contributed by atoms with Crippen molar-refractivity contribution in [2.45, 2.75) is 89.3 Å². The van der Waals surface area contributed by atoms with Crippen LogP contribution in [0.25, 0.3) is 0 Å². The van der Waals surface area contributed by atoms with E-state index in [1.54, 1.807) is 4.90 Å². The van der Waals surface area contributed by atoms with E-state index in [1.807, 2.05) is 36.2 Å². The number of nitrogens with zero attached hydrogens (tertiary/aromatic N) is 2. The molecular formula is C28H42N2O4. The Morgan fingerprint density at radius 2 is 1.65 bits per heavy atom. The predicted molar refractivity (Wildman–Crippen MR) is 133 cm³/mol. The van der Waals surface area contributed by atoms with E-state index in [0.29, 0.717) is 43.3 Å². The van der Waals surface area contributed by atoms with Crippen molar-refractivity contribution < 1.29 is 19.1 Å². The standard InChI is InChI=1S/C28H42N2O4/c1-29-18-10-4-2-3-5-11-19-33-25-20-30(27(31)17-16-22-12-6-7-13-22)21-26(25)34-24-15-9-8-14-23(24)28(29)32/h8-9,14-15,22,25-26H,2-7,10-13,16-21H2,1H3/t25-,26-/m1/s1. The van der Waals surface area contributed by atoms with Gasteiger partial charge in [0.1, 0.15) is 18.0 Å². The van der Waals surface area contributed by atoms with Gasteiger partial charge in [0.15, 0.2) is 0 Å². The van der Waals surface area contributed by atoms with Crippen LogP contribution in [0.1, 0.15) is 87.4 Å². The molecule has 4 rings (SSSR count). The van der Waals surface area contributed by atoms with Gasteiger partial charge >= 0.3 is 0 Å². The number of benzene rings is 1. The summed E-state index contributed by atoms with van der Waals surface area (Å²) in [6, 6.07) is 7.49. The van der Waals surface area contributed by atoms with Gasteiger partial charge in [-0.25, -0.2) is 0 Å². The lowest BCUT2D eigenvalue weighted by Gasteiger charge is -2.24. The van der Waals surface area contributed by atoms with Crippen molar-refractivity contribution >= 4 is 11.8 Å². The lowest BCUT2D eigenvalue weighted by atomic mass is 10.0. The van der Waals surface area contributed by atoms with Crippen LogP contribution in [0.15, 0.2) is 24.3 Å². The third-order valence-electron chi connectivity index (χ3n) is 7.77. The predicted octanol–water partition coefficient (Wildman–Crippen LogP) is 5.06. The van der Waals surface area contributed by atoms with Gasteiger partial charge in [0.25, 0.3) is 5.91 Å². The molecule has 1 aliphatic carbocycles. The van der Waals surface area contributed by atoms with Gasteiger partial charge in [-0.2, -0.15) is 0 Å². The van der Waals surface area contributed by atoms with Crippen LogP contribution in [0, 0.1) is 5.92 Å². The molecule has 0 aromatic heterocycles. The molecule has 0 N–H and O–H groups in total. The maximum Gasteiger partial charge on any atom is 0.257 e. The molecule has 1 aromatic rings. The molecule has 34 heavy (non-hydrogen) atoms. The molecule has 0 spiro atoms. The van der Waals surface area contributed by atoms with E-state index in [4.69, 9.17) is 9.47 Å². The fourth-order valence-electron chi connectivity index (χ4n) is 5.61. The second kappa shape index (κ2) is 12.6. The first kappa shape index (κ1) is 25.0. The fraction of sp³-hybridized carbons (Fsp3) is 0.714. The van der Waals surface area contributed by atoms with Gasteiger partial charge in [0.2, 0.25) is 5.91 Å². The Bertz CT molecular complexity index is 807. The molecule has 0 bridgehead atoms. The van der Waals surface area contributed by atoms with Gasteiger partial charge in [-0.05, 0) is 37.3 Å². The zero-order valence-electron chi connectivity index (χ0n) is 20.9. The highest BCUT2D eigenvalue weighted by atomic mass is 16.5. The molecule has 1 aromatic carbocycles. The Kier molecular flexibility index (Phi) is 9.25. The molecule has 2 amide bonds. The summed E-state index contributed by atoms with van der Waals surface area (Å²) in [5, 5.41) is 0. The van der Waals surface area contributed by atoms with Gasteiger partial charge in [-0.15, -0.1) is 0 Å². The Labute approximate surface area is 205 Å². The number of hydrogen-bond acceptors (Lipinski definition) is 4. The summed E-state index contributed by atoms with van der Waals surface area (Å²) in [6.45, 7) is 2.54. The first-order valence-corrected chi connectivity index (χ1v) is 13.5. The normalized spacial score (nSPS) is 25.6. The monoisotopic (exact) mass is 470 g/mol. The van der Waals surface area contributed by atoms with E-state index in [2.05, 4.69) is 0 Å². The van der Waals surface area contributed by atoms with Crippen molar-refractivity contribution in [2.24, 2.45) is 5.92 Å². The van der Waals surface area contributed by atoms with Crippen molar-refractivity contribution in [3.05, 3.63) is 29.8 Å². The Hall–Kier alpha value is -2.08. The summed E-state index contributed by atoms with van der Waals surface area (Å²) < 4.78 is 12.7. The van der Waals surface area contributed by atoms with Crippen molar-refractivity contribution in [3.8, 4) is 5.75 Å². The highest BCUT2D eigenvalue weighted by molar-refractivity contribution is 5.96. The lowest BCUT2D eigenvalue weighted by Crippen LogP contribution is -2.34. The number of hydrogen-bond donors (Lipinski definition) is 0. The molecule has 188 valence electrons. The van der Waals surface area contributed by atoms with Crippen molar-refractivity contribution in [3.63, 3.8) is 0 Å². The maximum absolute atomic E-state index is 13.2. The number of carbonyl (C=O) groups is 2. The highest BCUT2D eigenvalue weighted by Crippen LogP contribution is 2.30. The van der Waals surface area contributed by atoms with Crippen molar-refractivity contribution in [1.82, 2.24) is 9.80 Å². The molecule has 2 atom stereocenters. The molecule has 0 unspecified atom stereocenters. The van der Waals surface area contributed by atoms with Crippen LogP contribution in [-0.4, -0.2) is 67.1 Å². The molecule has 0 radical (unpaired) electrons. The number of carbonyl (C=O) groups excluding carboxylic acids is 2. The molecule has 2 fully saturated rings. The minimum atomic E-state index is -0.261. The van der Waals surface area contributed by atoms with E-state index in [9.17, 15) is 9.59 Å². The number of amides is 2. The fourth-order valence-corrected chi connectivity index (χ4v) is 5.61. The van der Waals surface area contributed by atoms with Crippen molar-refractivity contribution in [2.75, 3.05) is 33.3 Å². The summed E-state index contributed by atoms with van der Waals surface area (Å²) >= 11 is 0.